The predicted octanol–water partition coefficient (Wildman–Crippen LogP) is 2.35. The van der Waals surface area contributed by atoms with Crippen molar-refractivity contribution in [2.75, 3.05) is 13.1 Å². The highest BCUT2D eigenvalue weighted by molar-refractivity contribution is 5.13. The van der Waals surface area contributed by atoms with Crippen LogP contribution in [0.3, 0.4) is 0 Å². The number of nitrogens with zero attached hydrogens (tertiary/aromatic N) is 2. The van der Waals surface area contributed by atoms with E-state index in [1.165, 1.54) is 18.4 Å². The summed E-state index contributed by atoms with van der Waals surface area (Å²) in [4.78, 5) is 7.00. The Morgan fingerprint density at radius 3 is 2.78 bits per heavy atom. The molecule has 2 rings (SSSR count). The van der Waals surface area contributed by atoms with Gasteiger partial charge in [0.1, 0.15) is 0 Å². The lowest BCUT2D eigenvalue weighted by Gasteiger charge is -2.40. The molecular weight excluding hydrogens is 222 g/mol. The SMILES string of the molecule is CCC1CN(Cc2ccc(C)nc2)C(CC)CN1. The predicted molar refractivity (Wildman–Crippen MR) is 75.5 cm³/mol. The lowest BCUT2D eigenvalue weighted by Crippen LogP contribution is -2.55. The van der Waals surface area contributed by atoms with Gasteiger partial charge in [0, 0.05) is 43.6 Å². The summed E-state index contributed by atoms with van der Waals surface area (Å²) in [6.45, 7) is 9.88. The Kier molecular flexibility index (Phi) is 4.72. The van der Waals surface area contributed by atoms with E-state index in [1.807, 2.05) is 13.1 Å². The van der Waals surface area contributed by atoms with E-state index in [9.17, 15) is 0 Å². The van der Waals surface area contributed by atoms with Crippen molar-refractivity contribution in [2.24, 2.45) is 0 Å². The molecule has 3 nitrogen and oxygen atoms in total. The summed E-state index contributed by atoms with van der Waals surface area (Å²) in [7, 11) is 0. The van der Waals surface area contributed by atoms with Crippen molar-refractivity contribution in [2.45, 2.75) is 52.2 Å². The zero-order valence-electron chi connectivity index (χ0n) is 11.8. The quantitative estimate of drug-likeness (QED) is 0.885. The fraction of sp³-hybridized carbons (Fsp3) is 0.667. The van der Waals surface area contributed by atoms with Gasteiger partial charge in [-0.2, -0.15) is 0 Å². The van der Waals surface area contributed by atoms with Crippen molar-refractivity contribution in [1.82, 2.24) is 15.2 Å². The van der Waals surface area contributed by atoms with Crippen molar-refractivity contribution < 1.29 is 0 Å². The summed E-state index contributed by atoms with van der Waals surface area (Å²) in [6.07, 6.45) is 4.44. The van der Waals surface area contributed by atoms with Gasteiger partial charge in [-0.25, -0.2) is 0 Å². The third-order valence-corrected chi connectivity index (χ3v) is 3.94. The minimum absolute atomic E-state index is 0.645. The van der Waals surface area contributed by atoms with Gasteiger partial charge in [-0.1, -0.05) is 19.9 Å². The second-order valence-corrected chi connectivity index (χ2v) is 5.31. The second-order valence-electron chi connectivity index (χ2n) is 5.31. The van der Waals surface area contributed by atoms with Crippen LogP contribution in [0.1, 0.15) is 37.9 Å². The molecule has 1 N–H and O–H groups in total. The van der Waals surface area contributed by atoms with Crippen molar-refractivity contribution in [3.63, 3.8) is 0 Å². The summed E-state index contributed by atoms with van der Waals surface area (Å²) >= 11 is 0. The maximum absolute atomic E-state index is 4.39. The van der Waals surface area contributed by atoms with Crippen LogP contribution in [0.4, 0.5) is 0 Å². The molecule has 0 aliphatic carbocycles. The minimum atomic E-state index is 0.645. The third kappa shape index (κ3) is 3.30. The Morgan fingerprint density at radius 2 is 2.17 bits per heavy atom. The van der Waals surface area contributed by atoms with Crippen LogP contribution >= 0.6 is 0 Å². The maximum atomic E-state index is 4.39. The molecule has 1 aliphatic rings. The van der Waals surface area contributed by atoms with Crippen LogP contribution in [-0.2, 0) is 6.54 Å². The van der Waals surface area contributed by atoms with Crippen LogP contribution in [0.15, 0.2) is 18.3 Å². The molecule has 0 radical (unpaired) electrons. The van der Waals surface area contributed by atoms with E-state index in [0.717, 1.165) is 25.3 Å². The standard InChI is InChI=1S/C15H25N3/c1-4-14-11-18(15(5-2)9-17-14)10-13-7-6-12(3)16-8-13/h6-8,14-15,17H,4-5,9-11H2,1-3H3. The highest BCUT2D eigenvalue weighted by atomic mass is 15.2. The molecule has 1 aromatic rings. The number of hydrogen-bond acceptors (Lipinski definition) is 3. The molecular formula is C15H25N3. The Labute approximate surface area is 111 Å². The van der Waals surface area contributed by atoms with Crippen LogP contribution in [0.2, 0.25) is 0 Å². The molecule has 2 atom stereocenters. The van der Waals surface area contributed by atoms with E-state index < -0.39 is 0 Å². The van der Waals surface area contributed by atoms with Gasteiger partial charge < -0.3 is 5.32 Å². The molecule has 100 valence electrons. The van der Waals surface area contributed by atoms with E-state index >= 15 is 0 Å². The number of pyridine rings is 1. The average Bonchev–Trinajstić information content (AvgIpc) is 2.41. The van der Waals surface area contributed by atoms with E-state index in [-0.39, 0.29) is 0 Å². The van der Waals surface area contributed by atoms with Gasteiger partial charge in [-0.05, 0) is 31.4 Å². The molecule has 0 bridgehead atoms. The van der Waals surface area contributed by atoms with Crippen molar-refractivity contribution in [1.29, 1.82) is 0 Å². The monoisotopic (exact) mass is 247 g/mol. The Balaban J connectivity index is 2.02. The largest absolute Gasteiger partial charge is 0.311 e. The molecule has 0 aromatic carbocycles. The van der Waals surface area contributed by atoms with Gasteiger partial charge in [0.2, 0.25) is 0 Å². The lowest BCUT2D eigenvalue weighted by molar-refractivity contribution is 0.117. The number of aryl methyl sites for hydroxylation is 1. The number of aromatic nitrogens is 1. The van der Waals surface area contributed by atoms with Crippen molar-refractivity contribution >= 4 is 0 Å². The number of hydrogen-bond donors (Lipinski definition) is 1. The van der Waals surface area contributed by atoms with E-state index in [4.69, 9.17) is 0 Å². The first kappa shape index (κ1) is 13.5. The number of nitrogens with one attached hydrogen (secondary N) is 1. The average molecular weight is 247 g/mol. The van der Waals surface area contributed by atoms with Gasteiger partial charge in [-0.3, -0.25) is 9.88 Å². The van der Waals surface area contributed by atoms with Crippen LogP contribution in [0.5, 0.6) is 0 Å². The van der Waals surface area contributed by atoms with Crippen LogP contribution in [0, 0.1) is 6.92 Å². The first-order chi connectivity index (χ1) is 8.72. The van der Waals surface area contributed by atoms with Crippen LogP contribution in [0.25, 0.3) is 0 Å². The summed E-state index contributed by atoms with van der Waals surface area (Å²) < 4.78 is 0. The Hall–Kier alpha value is -0.930. The van der Waals surface area contributed by atoms with Crippen molar-refractivity contribution in [3.8, 4) is 0 Å². The van der Waals surface area contributed by atoms with Crippen molar-refractivity contribution in [3.05, 3.63) is 29.6 Å². The van der Waals surface area contributed by atoms with E-state index in [1.54, 1.807) is 0 Å². The molecule has 18 heavy (non-hydrogen) atoms. The van der Waals surface area contributed by atoms with Gasteiger partial charge in [0.25, 0.3) is 0 Å². The molecule has 1 saturated heterocycles. The minimum Gasteiger partial charge on any atom is -0.311 e. The maximum Gasteiger partial charge on any atom is 0.0372 e. The number of rotatable bonds is 4. The fourth-order valence-corrected chi connectivity index (χ4v) is 2.62. The van der Waals surface area contributed by atoms with Gasteiger partial charge in [-0.15, -0.1) is 0 Å². The molecule has 2 unspecified atom stereocenters. The fourth-order valence-electron chi connectivity index (χ4n) is 2.62. The van der Waals surface area contributed by atoms with Gasteiger partial charge >= 0.3 is 0 Å². The summed E-state index contributed by atoms with van der Waals surface area (Å²) in [5.41, 5.74) is 2.42. The molecule has 1 aromatic heterocycles. The normalized spacial score (nSPS) is 25.3. The molecule has 1 aliphatic heterocycles. The Bertz CT molecular complexity index is 361. The molecule has 0 amide bonds. The highest BCUT2D eigenvalue weighted by Crippen LogP contribution is 2.15. The zero-order chi connectivity index (χ0) is 13.0. The summed E-state index contributed by atoms with van der Waals surface area (Å²) in [5, 5.41) is 3.64. The lowest BCUT2D eigenvalue weighted by atomic mass is 10.0. The zero-order valence-corrected chi connectivity index (χ0v) is 11.8. The third-order valence-electron chi connectivity index (χ3n) is 3.94. The highest BCUT2D eigenvalue weighted by Gasteiger charge is 2.25. The summed E-state index contributed by atoms with van der Waals surface area (Å²) in [6, 6.07) is 5.62. The summed E-state index contributed by atoms with van der Waals surface area (Å²) in [5.74, 6) is 0. The van der Waals surface area contributed by atoms with E-state index in [2.05, 4.69) is 41.2 Å². The topological polar surface area (TPSA) is 28.2 Å². The molecule has 3 heteroatoms. The molecule has 0 spiro atoms. The molecule has 0 saturated carbocycles. The van der Waals surface area contributed by atoms with Crippen LogP contribution < -0.4 is 5.32 Å². The van der Waals surface area contributed by atoms with Gasteiger partial charge in [0.15, 0.2) is 0 Å². The first-order valence-corrected chi connectivity index (χ1v) is 7.11. The first-order valence-electron chi connectivity index (χ1n) is 7.11. The second kappa shape index (κ2) is 6.30. The Morgan fingerprint density at radius 1 is 1.33 bits per heavy atom. The van der Waals surface area contributed by atoms with E-state index in [0.29, 0.717) is 12.1 Å². The molecule has 2 heterocycles. The molecule has 1 fully saturated rings. The van der Waals surface area contributed by atoms with Crippen LogP contribution in [-0.4, -0.2) is 35.1 Å². The smallest absolute Gasteiger partial charge is 0.0372 e. The van der Waals surface area contributed by atoms with Gasteiger partial charge in [0.05, 0.1) is 0 Å². The number of piperazine rings is 1.